The van der Waals surface area contributed by atoms with E-state index in [1.807, 2.05) is 6.07 Å². The van der Waals surface area contributed by atoms with Gasteiger partial charge < -0.3 is 15.0 Å². The van der Waals surface area contributed by atoms with Crippen molar-refractivity contribution in [2.45, 2.75) is 38.5 Å². The van der Waals surface area contributed by atoms with E-state index < -0.39 is 0 Å². The summed E-state index contributed by atoms with van der Waals surface area (Å²) in [6.07, 6.45) is 8.20. The molecule has 1 fully saturated rings. The fourth-order valence-corrected chi connectivity index (χ4v) is 3.69. The van der Waals surface area contributed by atoms with Gasteiger partial charge in [0.15, 0.2) is 0 Å². The van der Waals surface area contributed by atoms with Crippen LogP contribution in [0.4, 0.5) is 5.69 Å². The SMILES string of the molecule is CNCC1(CN(C)c2cccc(OC)c2)CCCCCC1. The number of hydrogen-bond donors (Lipinski definition) is 1. The molecule has 3 heteroatoms. The highest BCUT2D eigenvalue weighted by Gasteiger charge is 2.31. The molecule has 2 rings (SSSR count). The number of hydrogen-bond acceptors (Lipinski definition) is 3. The summed E-state index contributed by atoms with van der Waals surface area (Å²) in [7, 11) is 6.02. The molecule has 0 aromatic heterocycles. The first-order valence-electron chi connectivity index (χ1n) is 8.19. The van der Waals surface area contributed by atoms with Crippen molar-refractivity contribution in [3.8, 4) is 5.75 Å². The van der Waals surface area contributed by atoms with Crippen molar-refractivity contribution in [3.63, 3.8) is 0 Å². The van der Waals surface area contributed by atoms with Gasteiger partial charge in [0.2, 0.25) is 0 Å². The molecule has 1 saturated carbocycles. The van der Waals surface area contributed by atoms with Crippen LogP contribution < -0.4 is 15.0 Å². The molecule has 0 saturated heterocycles. The summed E-state index contributed by atoms with van der Waals surface area (Å²) in [5, 5.41) is 3.43. The van der Waals surface area contributed by atoms with Crippen molar-refractivity contribution in [1.29, 1.82) is 0 Å². The maximum absolute atomic E-state index is 5.35. The van der Waals surface area contributed by atoms with Gasteiger partial charge in [0.1, 0.15) is 5.75 Å². The zero-order valence-corrected chi connectivity index (χ0v) is 13.8. The van der Waals surface area contributed by atoms with Crippen LogP contribution in [0.15, 0.2) is 24.3 Å². The number of nitrogens with one attached hydrogen (secondary N) is 1. The summed E-state index contributed by atoms with van der Waals surface area (Å²) < 4.78 is 5.35. The van der Waals surface area contributed by atoms with Crippen molar-refractivity contribution in [1.82, 2.24) is 5.32 Å². The van der Waals surface area contributed by atoms with Crippen molar-refractivity contribution >= 4 is 5.69 Å². The second-order valence-electron chi connectivity index (χ2n) is 6.50. The fourth-order valence-electron chi connectivity index (χ4n) is 3.69. The zero-order valence-electron chi connectivity index (χ0n) is 13.8. The van der Waals surface area contributed by atoms with E-state index in [-0.39, 0.29) is 0 Å². The quantitative estimate of drug-likeness (QED) is 0.809. The van der Waals surface area contributed by atoms with E-state index in [1.165, 1.54) is 44.2 Å². The van der Waals surface area contributed by atoms with E-state index in [1.54, 1.807) is 7.11 Å². The van der Waals surface area contributed by atoms with Gasteiger partial charge in [-0.3, -0.25) is 0 Å². The van der Waals surface area contributed by atoms with Crippen LogP contribution >= 0.6 is 0 Å². The number of ether oxygens (including phenoxy) is 1. The lowest BCUT2D eigenvalue weighted by Crippen LogP contribution is -2.42. The Morgan fingerprint density at radius 1 is 1.19 bits per heavy atom. The molecule has 0 unspecified atom stereocenters. The topological polar surface area (TPSA) is 24.5 Å². The Hall–Kier alpha value is -1.22. The van der Waals surface area contributed by atoms with Gasteiger partial charge in [-0.15, -0.1) is 0 Å². The first-order chi connectivity index (χ1) is 10.2. The average molecular weight is 290 g/mol. The Morgan fingerprint density at radius 3 is 2.52 bits per heavy atom. The fraction of sp³-hybridized carbons (Fsp3) is 0.667. The first-order valence-corrected chi connectivity index (χ1v) is 8.19. The minimum absolute atomic E-state index is 0.406. The maximum atomic E-state index is 5.35. The average Bonchev–Trinajstić information content (AvgIpc) is 2.73. The maximum Gasteiger partial charge on any atom is 0.120 e. The van der Waals surface area contributed by atoms with Gasteiger partial charge in [-0.05, 0) is 32.0 Å². The van der Waals surface area contributed by atoms with E-state index >= 15 is 0 Å². The molecule has 0 radical (unpaired) electrons. The monoisotopic (exact) mass is 290 g/mol. The number of anilines is 1. The van der Waals surface area contributed by atoms with Crippen molar-refractivity contribution in [2.24, 2.45) is 5.41 Å². The summed E-state index contributed by atoms with van der Waals surface area (Å²) in [5.74, 6) is 0.933. The summed E-state index contributed by atoms with van der Waals surface area (Å²) in [4.78, 5) is 2.39. The number of nitrogens with zero attached hydrogens (tertiary/aromatic N) is 1. The molecule has 118 valence electrons. The van der Waals surface area contributed by atoms with Gasteiger partial charge in [0.05, 0.1) is 7.11 Å². The van der Waals surface area contributed by atoms with Crippen LogP contribution in [0.3, 0.4) is 0 Å². The second-order valence-corrected chi connectivity index (χ2v) is 6.50. The van der Waals surface area contributed by atoms with Crippen LogP contribution in [0.5, 0.6) is 5.75 Å². The summed E-state index contributed by atoms with van der Waals surface area (Å²) in [5.41, 5.74) is 1.65. The predicted octanol–water partition coefficient (Wildman–Crippen LogP) is 3.69. The molecule has 0 aliphatic heterocycles. The highest BCUT2D eigenvalue weighted by atomic mass is 16.5. The Morgan fingerprint density at radius 2 is 1.90 bits per heavy atom. The second kappa shape index (κ2) is 7.69. The molecule has 0 amide bonds. The Labute approximate surface area is 129 Å². The predicted molar refractivity (Wildman–Crippen MR) is 90.3 cm³/mol. The van der Waals surface area contributed by atoms with E-state index in [4.69, 9.17) is 4.74 Å². The van der Waals surface area contributed by atoms with E-state index in [0.29, 0.717) is 5.41 Å². The van der Waals surface area contributed by atoms with Gasteiger partial charge in [-0.2, -0.15) is 0 Å². The molecule has 0 atom stereocenters. The largest absolute Gasteiger partial charge is 0.497 e. The third kappa shape index (κ3) is 4.37. The molecule has 0 heterocycles. The minimum Gasteiger partial charge on any atom is -0.497 e. The Bertz CT molecular complexity index is 425. The van der Waals surface area contributed by atoms with Crippen LogP contribution in [-0.2, 0) is 0 Å². The van der Waals surface area contributed by atoms with Crippen LogP contribution in [0.2, 0.25) is 0 Å². The molecule has 0 spiro atoms. The van der Waals surface area contributed by atoms with Gasteiger partial charge in [-0.25, -0.2) is 0 Å². The molecule has 1 aromatic carbocycles. The van der Waals surface area contributed by atoms with Crippen molar-refractivity contribution in [3.05, 3.63) is 24.3 Å². The number of rotatable bonds is 6. The molecule has 1 N–H and O–H groups in total. The number of methoxy groups -OCH3 is 1. The molecule has 3 nitrogen and oxygen atoms in total. The number of benzene rings is 1. The van der Waals surface area contributed by atoms with Gasteiger partial charge in [0, 0.05) is 37.3 Å². The van der Waals surface area contributed by atoms with Gasteiger partial charge in [0.25, 0.3) is 0 Å². The van der Waals surface area contributed by atoms with E-state index in [0.717, 1.165) is 18.8 Å². The van der Waals surface area contributed by atoms with Crippen LogP contribution in [-0.4, -0.2) is 34.3 Å². The molecule has 0 bridgehead atoms. The normalized spacial score (nSPS) is 18.0. The molecule has 1 aromatic rings. The van der Waals surface area contributed by atoms with Crippen molar-refractivity contribution < 1.29 is 4.74 Å². The zero-order chi connectivity index (χ0) is 15.1. The summed E-state index contributed by atoms with van der Waals surface area (Å²) >= 11 is 0. The van der Waals surface area contributed by atoms with E-state index in [9.17, 15) is 0 Å². The summed E-state index contributed by atoms with van der Waals surface area (Å²) in [6.45, 7) is 2.22. The van der Waals surface area contributed by atoms with E-state index in [2.05, 4.69) is 42.5 Å². The Kier molecular flexibility index (Phi) is 5.92. The molecular weight excluding hydrogens is 260 g/mol. The van der Waals surface area contributed by atoms with Crippen LogP contribution in [0.1, 0.15) is 38.5 Å². The van der Waals surface area contributed by atoms with Crippen LogP contribution in [0, 0.1) is 5.41 Å². The minimum atomic E-state index is 0.406. The first kappa shape index (κ1) is 16.2. The highest BCUT2D eigenvalue weighted by molar-refractivity contribution is 5.50. The van der Waals surface area contributed by atoms with Crippen molar-refractivity contribution in [2.75, 3.05) is 39.2 Å². The molecule has 21 heavy (non-hydrogen) atoms. The lowest BCUT2D eigenvalue weighted by molar-refractivity contribution is 0.245. The molecule has 1 aliphatic carbocycles. The lowest BCUT2D eigenvalue weighted by atomic mass is 9.79. The molecule has 1 aliphatic rings. The smallest absolute Gasteiger partial charge is 0.120 e. The third-order valence-corrected chi connectivity index (χ3v) is 4.78. The summed E-state index contributed by atoms with van der Waals surface area (Å²) in [6, 6.07) is 8.38. The Balaban J connectivity index is 2.11. The third-order valence-electron chi connectivity index (χ3n) is 4.78. The molecular formula is C18H30N2O. The van der Waals surface area contributed by atoms with Crippen LogP contribution in [0.25, 0.3) is 0 Å². The highest BCUT2D eigenvalue weighted by Crippen LogP contribution is 2.36. The standard InChI is InChI=1S/C18H30N2O/c1-19-14-18(11-6-4-5-7-12-18)15-20(2)16-9-8-10-17(13-16)21-3/h8-10,13,19H,4-7,11-12,14-15H2,1-3H3. The van der Waals surface area contributed by atoms with Gasteiger partial charge >= 0.3 is 0 Å². The lowest BCUT2D eigenvalue weighted by Gasteiger charge is -2.37. The van der Waals surface area contributed by atoms with Gasteiger partial charge in [-0.1, -0.05) is 31.7 Å².